The summed E-state index contributed by atoms with van der Waals surface area (Å²) >= 11 is 3.24. The smallest absolute Gasteiger partial charge is 0.155 e. The first-order valence-corrected chi connectivity index (χ1v) is 4.84. The van der Waals surface area contributed by atoms with E-state index in [-0.39, 0.29) is 5.78 Å². The van der Waals surface area contributed by atoms with E-state index in [2.05, 4.69) is 20.9 Å². The zero-order chi connectivity index (χ0) is 10.8. The van der Waals surface area contributed by atoms with Gasteiger partial charge in [0.2, 0.25) is 0 Å². The van der Waals surface area contributed by atoms with Gasteiger partial charge in [-0.3, -0.25) is 9.78 Å². The van der Waals surface area contributed by atoms with Gasteiger partial charge in [-0.2, -0.15) is 5.26 Å². The van der Waals surface area contributed by atoms with Gasteiger partial charge in [0.25, 0.3) is 0 Å². The first-order valence-electron chi connectivity index (χ1n) is 4.05. The van der Waals surface area contributed by atoms with Crippen molar-refractivity contribution < 1.29 is 4.79 Å². The van der Waals surface area contributed by atoms with Gasteiger partial charge in [0.15, 0.2) is 11.2 Å². The van der Waals surface area contributed by atoms with Crippen molar-refractivity contribution in [3.8, 4) is 6.07 Å². The number of hydrogen-bond acceptors (Lipinski definition) is 3. The van der Waals surface area contributed by atoms with E-state index in [1.807, 2.05) is 6.07 Å². The third-order valence-electron chi connectivity index (χ3n) is 2.17. The predicted molar refractivity (Wildman–Crippen MR) is 55.6 cm³/mol. The topological polar surface area (TPSA) is 53.8 Å². The third kappa shape index (κ3) is 1.83. The molecular formula is C10H9BrN2O. The quantitative estimate of drug-likeness (QED) is 0.811. The lowest BCUT2D eigenvalue weighted by atomic mass is 9.84. The van der Waals surface area contributed by atoms with Gasteiger partial charge < -0.3 is 0 Å². The van der Waals surface area contributed by atoms with Crippen LogP contribution in [-0.2, 0) is 10.2 Å². The maximum absolute atomic E-state index is 11.3. The molecule has 0 radical (unpaired) electrons. The Balaban J connectivity index is 3.22. The molecule has 0 fully saturated rings. The van der Waals surface area contributed by atoms with Crippen LogP contribution in [-0.4, -0.2) is 10.8 Å². The molecule has 0 bridgehead atoms. The van der Waals surface area contributed by atoms with Gasteiger partial charge in [0, 0.05) is 10.7 Å². The van der Waals surface area contributed by atoms with E-state index in [0.29, 0.717) is 5.69 Å². The zero-order valence-electron chi connectivity index (χ0n) is 7.91. The lowest BCUT2D eigenvalue weighted by molar-refractivity contribution is -0.120. The SMILES string of the molecule is CC(=O)C(C)(C#N)c1ccc(Br)cn1. The highest BCUT2D eigenvalue weighted by Gasteiger charge is 2.33. The van der Waals surface area contributed by atoms with E-state index in [1.54, 1.807) is 25.3 Å². The molecule has 4 heteroatoms. The van der Waals surface area contributed by atoms with Gasteiger partial charge >= 0.3 is 0 Å². The first kappa shape index (κ1) is 10.9. The molecule has 1 aromatic rings. The highest BCUT2D eigenvalue weighted by atomic mass is 79.9. The largest absolute Gasteiger partial charge is 0.298 e. The molecule has 0 aromatic carbocycles. The molecule has 0 saturated heterocycles. The number of aromatic nitrogens is 1. The number of hydrogen-bond donors (Lipinski definition) is 0. The fourth-order valence-electron chi connectivity index (χ4n) is 0.988. The van der Waals surface area contributed by atoms with Crippen molar-refractivity contribution in [1.29, 1.82) is 5.26 Å². The molecule has 1 aromatic heterocycles. The van der Waals surface area contributed by atoms with Crippen molar-refractivity contribution in [2.24, 2.45) is 0 Å². The molecule has 1 atom stereocenters. The summed E-state index contributed by atoms with van der Waals surface area (Å²) < 4.78 is 0.824. The number of ketones is 1. The second-order valence-electron chi connectivity index (χ2n) is 3.15. The van der Waals surface area contributed by atoms with Crippen LogP contribution in [0.15, 0.2) is 22.8 Å². The van der Waals surface area contributed by atoms with E-state index in [4.69, 9.17) is 5.26 Å². The van der Waals surface area contributed by atoms with E-state index < -0.39 is 5.41 Å². The molecular weight excluding hydrogens is 244 g/mol. The average Bonchev–Trinajstić information content (AvgIpc) is 2.17. The zero-order valence-corrected chi connectivity index (χ0v) is 9.50. The van der Waals surface area contributed by atoms with Gasteiger partial charge in [-0.15, -0.1) is 0 Å². The van der Waals surface area contributed by atoms with Crippen molar-refractivity contribution in [2.45, 2.75) is 19.3 Å². The molecule has 0 saturated carbocycles. The van der Waals surface area contributed by atoms with Crippen molar-refractivity contribution in [2.75, 3.05) is 0 Å². The summed E-state index contributed by atoms with van der Waals surface area (Å²) in [6.07, 6.45) is 1.58. The van der Waals surface area contributed by atoms with Crippen LogP contribution in [0.1, 0.15) is 19.5 Å². The molecule has 1 unspecified atom stereocenters. The highest BCUT2D eigenvalue weighted by Crippen LogP contribution is 2.23. The van der Waals surface area contributed by atoms with Gasteiger partial charge in [0.05, 0.1) is 11.8 Å². The van der Waals surface area contributed by atoms with Crippen LogP contribution in [0.5, 0.6) is 0 Å². The summed E-state index contributed by atoms with van der Waals surface area (Å²) in [6, 6.07) is 5.43. The van der Waals surface area contributed by atoms with Crippen LogP contribution >= 0.6 is 15.9 Å². The van der Waals surface area contributed by atoms with Crippen LogP contribution in [0.3, 0.4) is 0 Å². The fraction of sp³-hybridized carbons (Fsp3) is 0.300. The number of nitriles is 1. The standard InChI is InChI=1S/C10H9BrN2O/c1-7(14)10(2,6-12)9-4-3-8(11)5-13-9/h3-5H,1-2H3. The Morgan fingerprint density at radius 3 is 2.64 bits per heavy atom. The van der Waals surface area contributed by atoms with Gasteiger partial charge in [0.1, 0.15) is 0 Å². The maximum Gasteiger partial charge on any atom is 0.155 e. The lowest BCUT2D eigenvalue weighted by Crippen LogP contribution is -2.29. The molecule has 1 rings (SSSR count). The Bertz CT molecular complexity index is 394. The first-order chi connectivity index (χ1) is 6.50. The number of nitrogens with zero attached hydrogens (tertiary/aromatic N) is 2. The number of Topliss-reactive ketones (excluding diaryl/α,β-unsaturated/α-hetero) is 1. The molecule has 0 aliphatic rings. The second-order valence-corrected chi connectivity index (χ2v) is 4.07. The van der Waals surface area contributed by atoms with E-state index in [0.717, 1.165) is 4.47 Å². The van der Waals surface area contributed by atoms with Gasteiger partial charge in [-0.1, -0.05) is 0 Å². The van der Waals surface area contributed by atoms with Crippen LogP contribution in [0.2, 0.25) is 0 Å². The van der Waals surface area contributed by atoms with E-state index >= 15 is 0 Å². The van der Waals surface area contributed by atoms with Crippen molar-refractivity contribution in [1.82, 2.24) is 4.98 Å². The minimum atomic E-state index is -1.14. The molecule has 3 nitrogen and oxygen atoms in total. The Morgan fingerprint density at radius 2 is 2.29 bits per heavy atom. The summed E-state index contributed by atoms with van der Waals surface area (Å²) in [6.45, 7) is 2.97. The molecule has 0 aliphatic heterocycles. The number of pyridine rings is 1. The highest BCUT2D eigenvalue weighted by molar-refractivity contribution is 9.10. The number of carbonyl (C=O) groups excluding carboxylic acids is 1. The number of halogens is 1. The van der Waals surface area contributed by atoms with E-state index in [9.17, 15) is 4.79 Å². The fourth-order valence-corrected chi connectivity index (χ4v) is 1.22. The van der Waals surface area contributed by atoms with Crippen molar-refractivity contribution >= 4 is 21.7 Å². The third-order valence-corrected chi connectivity index (χ3v) is 2.64. The summed E-state index contributed by atoms with van der Waals surface area (Å²) in [4.78, 5) is 15.4. The normalized spacial score (nSPS) is 14.1. The summed E-state index contributed by atoms with van der Waals surface area (Å²) in [5.74, 6) is -0.199. The molecule has 0 amide bonds. The van der Waals surface area contributed by atoms with Crippen LogP contribution in [0, 0.1) is 11.3 Å². The average molecular weight is 253 g/mol. The summed E-state index contributed by atoms with van der Waals surface area (Å²) in [5, 5.41) is 8.96. The number of rotatable bonds is 2. The lowest BCUT2D eigenvalue weighted by Gasteiger charge is -2.16. The Kier molecular flexibility index (Phi) is 3.02. The molecule has 0 spiro atoms. The minimum absolute atomic E-state index is 0.199. The van der Waals surface area contributed by atoms with Gasteiger partial charge in [-0.25, -0.2) is 0 Å². The molecule has 72 valence electrons. The maximum atomic E-state index is 11.3. The molecule has 0 N–H and O–H groups in total. The molecule has 14 heavy (non-hydrogen) atoms. The summed E-state index contributed by atoms with van der Waals surface area (Å²) in [7, 11) is 0. The molecule has 0 aliphatic carbocycles. The molecule has 1 heterocycles. The van der Waals surface area contributed by atoms with Crippen molar-refractivity contribution in [3.63, 3.8) is 0 Å². The monoisotopic (exact) mass is 252 g/mol. The number of carbonyl (C=O) groups is 1. The van der Waals surface area contributed by atoms with Crippen LogP contribution in [0.25, 0.3) is 0 Å². The second kappa shape index (κ2) is 3.89. The van der Waals surface area contributed by atoms with Crippen molar-refractivity contribution in [3.05, 3.63) is 28.5 Å². The summed E-state index contributed by atoms with van der Waals surface area (Å²) in [5.41, 5.74) is -0.656. The van der Waals surface area contributed by atoms with Gasteiger partial charge in [-0.05, 0) is 41.9 Å². The Labute approximate surface area is 90.9 Å². The predicted octanol–water partition coefficient (Wildman–Crippen LogP) is 2.21. The van der Waals surface area contributed by atoms with E-state index in [1.165, 1.54) is 6.92 Å². The Hall–Kier alpha value is -1.21. The van der Waals surface area contributed by atoms with Crippen LogP contribution < -0.4 is 0 Å². The minimum Gasteiger partial charge on any atom is -0.298 e. The van der Waals surface area contributed by atoms with Crippen LogP contribution in [0.4, 0.5) is 0 Å². The Morgan fingerprint density at radius 1 is 1.64 bits per heavy atom.